The molecule has 2 nitrogen and oxygen atoms in total. The minimum absolute atomic E-state index is 0.0596. The molecule has 0 saturated carbocycles. The van der Waals surface area contributed by atoms with Crippen LogP contribution in [0.3, 0.4) is 0 Å². The highest BCUT2D eigenvalue weighted by atomic mass is 28.3. The lowest BCUT2D eigenvalue weighted by Crippen LogP contribution is -2.24. The Morgan fingerprint density at radius 2 is 2.20 bits per heavy atom. The van der Waals surface area contributed by atoms with E-state index in [0.29, 0.717) is 0 Å². The number of carbonyl (C=O) groups is 1. The van der Waals surface area contributed by atoms with Crippen LogP contribution in [-0.4, -0.2) is 20.0 Å². The van der Waals surface area contributed by atoms with Gasteiger partial charge in [-0.25, -0.2) is 0 Å². The van der Waals surface area contributed by atoms with Crippen LogP contribution in [-0.2, 0) is 4.79 Å². The molecule has 1 aliphatic rings. The van der Waals surface area contributed by atoms with Crippen molar-refractivity contribution in [2.24, 2.45) is 5.92 Å². The third-order valence-electron chi connectivity index (χ3n) is 2.56. The van der Waals surface area contributed by atoms with Crippen LogP contribution in [0.2, 0.25) is 25.7 Å². The van der Waals surface area contributed by atoms with Crippen molar-refractivity contribution in [3.63, 3.8) is 0 Å². The molecule has 1 saturated heterocycles. The first-order valence-corrected chi connectivity index (χ1v) is 9.23. The number of hydrogen-bond acceptors (Lipinski definition) is 1. The van der Waals surface area contributed by atoms with Gasteiger partial charge in [0.05, 0.1) is 5.92 Å². The molecular weight excluding hydrogens is 202 g/mol. The van der Waals surface area contributed by atoms with Crippen molar-refractivity contribution in [3.05, 3.63) is 24.8 Å². The summed E-state index contributed by atoms with van der Waals surface area (Å²) in [6.07, 6.45) is 6.92. The fourth-order valence-electron chi connectivity index (χ4n) is 1.64. The smallest absolute Gasteiger partial charge is 0.227 e. The largest absolute Gasteiger partial charge is 0.349 e. The Labute approximate surface area is 93.5 Å². The van der Waals surface area contributed by atoms with Gasteiger partial charge in [-0.2, -0.15) is 0 Å². The molecule has 0 aromatic carbocycles. The zero-order chi connectivity index (χ0) is 11.5. The van der Waals surface area contributed by atoms with E-state index in [4.69, 9.17) is 0 Å². The number of hydrogen-bond donors (Lipinski definition) is 1. The van der Waals surface area contributed by atoms with Crippen LogP contribution in [0.1, 0.15) is 6.42 Å². The Morgan fingerprint density at radius 1 is 1.53 bits per heavy atom. The summed E-state index contributed by atoms with van der Waals surface area (Å²) in [6, 6.07) is 1.31. The van der Waals surface area contributed by atoms with Gasteiger partial charge in [0.1, 0.15) is 0 Å². The van der Waals surface area contributed by atoms with Gasteiger partial charge in [-0.1, -0.05) is 37.9 Å². The number of rotatable bonds is 4. The van der Waals surface area contributed by atoms with Crippen molar-refractivity contribution in [1.82, 2.24) is 5.32 Å². The van der Waals surface area contributed by atoms with E-state index in [1.54, 1.807) is 0 Å². The summed E-state index contributed by atoms with van der Waals surface area (Å²) in [5.41, 5.74) is 0. The highest BCUT2D eigenvalue weighted by Crippen LogP contribution is 2.18. The van der Waals surface area contributed by atoms with Crippen LogP contribution < -0.4 is 5.32 Å². The molecule has 0 radical (unpaired) electrons. The summed E-state index contributed by atoms with van der Waals surface area (Å²) in [5, 5.41) is 2.90. The summed E-state index contributed by atoms with van der Waals surface area (Å²) < 4.78 is 0. The topological polar surface area (TPSA) is 29.1 Å². The van der Waals surface area contributed by atoms with Crippen LogP contribution in [0, 0.1) is 5.92 Å². The molecule has 0 aromatic rings. The summed E-state index contributed by atoms with van der Waals surface area (Å²) in [4.78, 5) is 11.5. The van der Waals surface area contributed by atoms with E-state index in [0.717, 1.165) is 12.5 Å². The van der Waals surface area contributed by atoms with Gasteiger partial charge in [-0.05, 0) is 12.5 Å². The monoisotopic (exact) mass is 223 g/mol. The van der Waals surface area contributed by atoms with Crippen molar-refractivity contribution >= 4 is 14.0 Å². The Bertz CT molecular complexity index is 278. The van der Waals surface area contributed by atoms with Gasteiger partial charge in [-0.15, -0.1) is 6.58 Å². The SMILES string of the molecule is C=C[C@H]1C[C@@H](/C=C/C[Si](C)(C)C)C(=O)N1. The molecule has 1 N–H and O–H groups in total. The van der Waals surface area contributed by atoms with Crippen molar-refractivity contribution in [2.45, 2.75) is 38.1 Å². The van der Waals surface area contributed by atoms with E-state index >= 15 is 0 Å². The van der Waals surface area contributed by atoms with E-state index < -0.39 is 8.07 Å². The molecule has 0 unspecified atom stereocenters. The predicted molar refractivity (Wildman–Crippen MR) is 67.5 cm³/mol. The summed E-state index contributed by atoms with van der Waals surface area (Å²) in [5.74, 6) is 0.205. The van der Waals surface area contributed by atoms with Crippen molar-refractivity contribution in [2.75, 3.05) is 0 Å². The molecule has 15 heavy (non-hydrogen) atoms. The van der Waals surface area contributed by atoms with Crippen LogP contribution in [0.25, 0.3) is 0 Å². The van der Waals surface area contributed by atoms with E-state index in [-0.39, 0.29) is 17.9 Å². The predicted octanol–water partition coefficient (Wildman–Crippen LogP) is 2.57. The molecule has 2 atom stereocenters. The second-order valence-electron chi connectivity index (χ2n) is 5.39. The zero-order valence-electron chi connectivity index (χ0n) is 9.92. The quantitative estimate of drug-likeness (QED) is 0.576. The fraction of sp³-hybridized carbons (Fsp3) is 0.583. The van der Waals surface area contributed by atoms with Gasteiger partial charge < -0.3 is 5.32 Å². The fourth-order valence-corrected chi connectivity index (χ4v) is 2.48. The summed E-state index contributed by atoms with van der Waals surface area (Å²) in [7, 11) is -1.02. The Morgan fingerprint density at radius 3 is 2.67 bits per heavy atom. The van der Waals surface area contributed by atoms with Crippen LogP contribution in [0.4, 0.5) is 0 Å². The normalized spacial score (nSPS) is 27.0. The van der Waals surface area contributed by atoms with Crippen molar-refractivity contribution in [3.8, 4) is 0 Å². The first-order valence-electron chi connectivity index (χ1n) is 5.52. The Kier molecular flexibility index (Phi) is 3.91. The third kappa shape index (κ3) is 4.04. The third-order valence-corrected chi connectivity index (χ3v) is 4.02. The molecule has 1 amide bonds. The Balaban J connectivity index is 2.46. The molecule has 1 heterocycles. The maximum Gasteiger partial charge on any atom is 0.227 e. The minimum atomic E-state index is -1.02. The molecule has 0 spiro atoms. The molecule has 1 rings (SSSR count). The second-order valence-corrected chi connectivity index (χ2v) is 10.9. The highest BCUT2D eigenvalue weighted by Gasteiger charge is 2.27. The molecule has 84 valence electrons. The highest BCUT2D eigenvalue weighted by molar-refractivity contribution is 6.76. The second kappa shape index (κ2) is 4.79. The number of allylic oxidation sites excluding steroid dienone is 1. The lowest BCUT2D eigenvalue weighted by molar-refractivity contribution is -0.121. The molecule has 1 aliphatic heterocycles. The standard InChI is InChI=1S/C12H21NOSi/c1-5-11-9-10(12(14)13-11)7-6-8-15(2,3)4/h5-7,10-11H,1,8-9H2,2-4H3,(H,13,14)/b7-6+/t10-,11+/m1/s1. The number of nitrogens with one attached hydrogen (secondary N) is 1. The van der Waals surface area contributed by atoms with Gasteiger partial charge in [0.15, 0.2) is 0 Å². The molecule has 1 fully saturated rings. The van der Waals surface area contributed by atoms with Gasteiger partial charge >= 0.3 is 0 Å². The Hall–Kier alpha value is -0.833. The molecule has 0 bridgehead atoms. The van der Waals surface area contributed by atoms with Crippen LogP contribution in [0.15, 0.2) is 24.8 Å². The van der Waals surface area contributed by atoms with E-state index in [1.807, 2.05) is 6.08 Å². The van der Waals surface area contributed by atoms with Crippen molar-refractivity contribution in [1.29, 1.82) is 0 Å². The summed E-state index contributed by atoms with van der Waals surface area (Å²) in [6.45, 7) is 10.7. The van der Waals surface area contributed by atoms with E-state index in [1.165, 1.54) is 0 Å². The first kappa shape index (κ1) is 12.2. The molecular formula is C12H21NOSi. The van der Waals surface area contributed by atoms with Gasteiger partial charge in [0, 0.05) is 14.1 Å². The minimum Gasteiger partial charge on any atom is -0.349 e. The van der Waals surface area contributed by atoms with Crippen LogP contribution >= 0.6 is 0 Å². The lowest BCUT2D eigenvalue weighted by atomic mass is 10.0. The van der Waals surface area contributed by atoms with Crippen molar-refractivity contribution < 1.29 is 4.79 Å². The maximum absolute atomic E-state index is 11.5. The van der Waals surface area contributed by atoms with Gasteiger partial charge in [-0.3, -0.25) is 4.79 Å². The molecule has 3 heteroatoms. The lowest BCUT2D eigenvalue weighted by Gasteiger charge is -2.11. The number of amides is 1. The average Bonchev–Trinajstić information content (AvgIpc) is 2.45. The summed E-state index contributed by atoms with van der Waals surface area (Å²) >= 11 is 0. The van der Waals surface area contributed by atoms with Gasteiger partial charge in [0.2, 0.25) is 5.91 Å². The van der Waals surface area contributed by atoms with Gasteiger partial charge in [0.25, 0.3) is 0 Å². The van der Waals surface area contributed by atoms with Crippen LogP contribution in [0.5, 0.6) is 0 Å². The average molecular weight is 223 g/mol. The first-order chi connectivity index (χ1) is 6.92. The van der Waals surface area contributed by atoms with E-state index in [9.17, 15) is 4.79 Å². The molecule has 0 aliphatic carbocycles. The number of carbonyl (C=O) groups excluding carboxylic acids is 1. The molecule has 0 aromatic heterocycles. The zero-order valence-corrected chi connectivity index (χ0v) is 10.9. The van der Waals surface area contributed by atoms with E-state index in [2.05, 4.69) is 43.7 Å². The maximum atomic E-state index is 11.5.